The van der Waals surface area contributed by atoms with E-state index in [-0.39, 0.29) is 11.5 Å². The van der Waals surface area contributed by atoms with E-state index in [1.807, 2.05) is 0 Å². The molecule has 1 N–H and O–H groups in total. The van der Waals surface area contributed by atoms with E-state index in [2.05, 4.69) is 31.0 Å². The van der Waals surface area contributed by atoms with Crippen molar-refractivity contribution in [1.29, 1.82) is 0 Å². The van der Waals surface area contributed by atoms with E-state index >= 15 is 0 Å². The maximum absolute atomic E-state index is 11.2. The lowest BCUT2D eigenvalue weighted by molar-refractivity contribution is -0.155. The highest BCUT2D eigenvalue weighted by Gasteiger charge is 2.45. The average molecular weight is 212 g/mol. The Hall–Kier alpha value is -0.610. The molecule has 4 nitrogen and oxygen atoms in total. The molecule has 1 atom stereocenters. The Labute approximate surface area is 91.0 Å². The molecule has 0 bridgehead atoms. The van der Waals surface area contributed by atoms with Gasteiger partial charge in [-0.1, -0.05) is 0 Å². The second-order valence-corrected chi connectivity index (χ2v) is 5.52. The zero-order chi connectivity index (χ0) is 11.1. The lowest BCUT2D eigenvalue weighted by Gasteiger charge is -2.45. The van der Waals surface area contributed by atoms with Crippen molar-refractivity contribution in [3.8, 4) is 0 Å². The summed E-state index contributed by atoms with van der Waals surface area (Å²) in [5.74, 6) is -0.120. The van der Waals surface area contributed by atoms with Gasteiger partial charge in [0.2, 0.25) is 0 Å². The van der Waals surface area contributed by atoms with Crippen LogP contribution in [0, 0.1) is 0 Å². The first-order valence-electron chi connectivity index (χ1n) is 5.63. The minimum absolute atomic E-state index is 0.120. The van der Waals surface area contributed by atoms with Crippen LogP contribution < -0.4 is 5.32 Å². The Bertz CT molecular complexity index is 272. The monoisotopic (exact) mass is 212 g/mol. The van der Waals surface area contributed by atoms with Crippen molar-refractivity contribution in [3.05, 3.63) is 0 Å². The number of ether oxygens (including phenoxy) is 1. The highest BCUT2D eigenvalue weighted by Crippen LogP contribution is 2.29. The molecule has 0 aromatic rings. The largest absolute Gasteiger partial charge is 0.442 e. The maximum atomic E-state index is 11.2. The van der Waals surface area contributed by atoms with Gasteiger partial charge >= 0.3 is 5.97 Å². The summed E-state index contributed by atoms with van der Waals surface area (Å²) in [6.07, 6.45) is 2.02. The lowest BCUT2D eigenvalue weighted by atomic mass is 9.96. The predicted octanol–water partition coefficient (Wildman–Crippen LogP) is 0.723. The van der Waals surface area contributed by atoms with Gasteiger partial charge in [-0.25, -0.2) is 0 Å². The quantitative estimate of drug-likeness (QED) is 0.601. The van der Waals surface area contributed by atoms with Crippen molar-refractivity contribution in [3.63, 3.8) is 0 Å². The molecule has 1 spiro atoms. The summed E-state index contributed by atoms with van der Waals surface area (Å²) in [5, 5.41) is 3.21. The highest BCUT2D eigenvalue weighted by atomic mass is 16.6. The first-order valence-corrected chi connectivity index (χ1v) is 5.63. The van der Waals surface area contributed by atoms with Gasteiger partial charge in [0.1, 0.15) is 0 Å². The Morgan fingerprint density at radius 2 is 2.20 bits per heavy atom. The number of carbonyl (C=O) groups excluding carboxylic acids is 1. The van der Waals surface area contributed by atoms with E-state index in [4.69, 9.17) is 4.74 Å². The SMILES string of the molecule is CC(C)(C)N1CCCC2(C1)NCC(=O)O2. The number of likely N-dealkylation sites (tertiary alicyclic amines) is 1. The molecule has 2 saturated heterocycles. The summed E-state index contributed by atoms with van der Waals surface area (Å²) in [6, 6.07) is 0. The van der Waals surface area contributed by atoms with Gasteiger partial charge < -0.3 is 4.74 Å². The van der Waals surface area contributed by atoms with E-state index in [0.29, 0.717) is 6.54 Å². The van der Waals surface area contributed by atoms with Crippen LogP contribution in [0.3, 0.4) is 0 Å². The topological polar surface area (TPSA) is 41.6 Å². The third-order valence-corrected chi connectivity index (χ3v) is 3.27. The van der Waals surface area contributed by atoms with Gasteiger partial charge in [0.05, 0.1) is 13.1 Å². The van der Waals surface area contributed by atoms with Crippen LogP contribution in [0.15, 0.2) is 0 Å². The van der Waals surface area contributed by atoms with Crippen molar-refractivity contribution in [2.24, 2.45) is 0 Å². The molecular weight excluding hydrogens is 192 g/mol. The Balaban J connectivity index is 2.07. The summed E-state index contributed by atoms with van der Waals surface area (Å²) in [5.41, 5.74) is -0.257. The molecule has 2 rings (SSSR count). The molecular formula is C11H20N2O2. The second-order valence-electron chi connectivity index (χ2n) is 5.52. The second kappa shape index (κ2) is 3.46. The fourth-order valence-corrected chi connectivity index (χ4v) is 2.35. The third kappa shape index (κ3) is 2.16. The van der Waals surface area contributed by atoms with Crippen LogP contribution >= 0.6 is 0 Å². The van der Waals surface area contributed by atoms with Crippen molar-refractivity contribution in [2.45, 2.75) is 44.9 Å². The van der Waals surface area contributed by atoms with Crippen molar-refractivity contribution in [2.75, 3.05) is 19.6 Å². The first kappa shape index (κ1) is 10.9. The molecule has 0 aromatic heterocycles. The number of piperidine rings is 1. The van der Waals surface area contributed by atoms with Gasteiger partial charge in [-0.2, -0.15) is 0 Å². The van der Waals surface area contributed by atoms with Crippen molar-refractivity contribution >= 4 is 5.97 Å². The number of hydrogen-bond donors (Lipinski definition) is 1. The van der Waals surface area contributed by atoms with Gasteiger partial charge in [-0.15, -0.1) is 0 Å². The Kier molecular flexibility index (Phi) is 2.51. The first-order chi connectivity index (χ1) is 6.91. The molecule has 0 saturated carbocycles. The van der Waals surface area contributed by atoms with E-state index in [1.165, 1.54) is 0 Å². The number of nitrogens with zero attached hydrogens (tertiary/aromatic N) is 1. The van der Waals surface area contributed by atoms with E-state index < -0.39 is 5.72 Å². The zero-order valence-corrected chi connectivity index (χ0v) is 9.80. The minimum Gasteiger partial charge on any atom is -0.442 e. The van der Waals surface area contributed by atoms with Crippen LogP contribution in [0.1, 0.15) is 33.6 Å². The number of esters is 1. The molecule has 0 aromatic carbocycles. The fraction of sp³-hybridized carbons (Fsp3) is 0.909. The van der Waals surface area contributed by atoms with Gasteiger partial charge in [-0.05, 0) is 33.7 Å². The fourth-order valence-electron chi connectivity index (χ4n) is 2.35. The molecule has 2 fully saturated rings. The molecule has 86 valence electrons. The Morgan fingerprint density at radius 3 is 2.73 bits per heavy atom. The number of rotatable bonds is 0. The van der Waals surface area contributed by atoms with Crippen LogP contribution in [0.25, 0.3) is 0 Å². The number of hydrogen-bond acceptors (Lipinski definition) is 4. The molecule has 2 heterocycles. The summed E-state index contributed by atoms with van der Waals surface area (Å²) in [7, 11) is 0. The van der Waals surface area contributed by atoms with Crippen LogP contribution in [-0.4, -0.2) is 41.8 Å². The molecule has 2 aliphatic rings. The smallest absolute Gasteiger partial charge is 0.321 e. The van der Waals surface area contributed by atoms with Gasteiger partial charge in [-0.3, -0.25) is 15.0 Å². The predicted molar refractivity (Wildman–Crippen MR) is 57.4 cm³/mol. The van der Waals surface area contributed by atoms with Crippen LogP contribution in [0.5, 0.6) is 0 Å². The van der Waals surface area contributed by atoms with E-state index in [0.717, 1.165) is 25.9 Å². The van der Waals surface area contributed by atoms with Crippen LogP contribution in [0.2, 0.25) is 0 Å². The van der Waals surface area contributed by atoms with Crippen LogP contribution in [-0.2, 0) is 9.53 Å². The molecule has 0 radical (unpaired) electrons. The molecule has 2 aliphatic heterocycles. The standard InChI is InChI=1S/C11H20N2O2/c1-10(2,3)13-6-4-5-11(8-13)12-7-9(14)15-11/h12H,4-8H2,1-3H3. The molecule has 0 aliphatic carbocycles. The summed E-state index contributed by atoms with van der Waals surface area (Å²) < 4.78 is 5.42. The Morgan fingerprint density at radius 1 is 1.47 bits per heavy atom. The van der Waals surface area contributed by atoms with E-state index in [1.54, 1.807) is 0 Å². The van der Waals surface area contributed by atoms with Crippen LogP contribution in [0.4, 0.5) is 0 Å². The summed E-state index contributed by atoms with van der Waals surface area (Å²) in [4.78, 5) is 13.5. The molecule has 4 heteroatoms. The van der Waals surface area contributed by atoms with Gasteiger partial charge in [0.15, 0.2) is 5.72 Å². The lowest BCUT2D eigenvalue weighted by Crippen LogP contribution is -2.59. The third-order valence-electron chi connectivity index (χ3n) is 3.27. The maximum Gasteiger partial charge on any atom is 0.321 e. The summed E-state index contributed by atoms with van der Waals surface area (Å²) >= 11 is 0. The summed E-state index contributed by atoms with van der Waals surface area (Å²) in [6.45, 7) is 8.85. The van der Waals surface area contributed by atoms with Crippen molar-refractivity contribution in [1.82, 2.24) is 10.2 Å². The average Bonchev–Trinajstić information content (AvgIpc) is 2.46. The molecule has 15 heavy (non-hydrogen) atoms. The normalized spacial score (nSPS) is 33.4. The zero-order valence-electron chi connectivity index (χ0n) is 9.80. The highest BCUT2D eigenvalue weighted by molar-refractivity contribution is 5.74. The van der Waals surface area contributed by atoms with E-state index in [9.17, 15) is 4.79 Å². The number of carbonyl (C=O) groups is 1. The van der Waals surface area contributed by atoms with Gasteiger partial charge in [0, 0.05) is 12.0 Å². The molecule has 0 amide bonds. The van der Waals surface area contributed by atoms with Gasteiger partial charge in [0.25, 0.3) is 0 Å². The van der Waals surface area contributed by atoms with Crippen molar-refractivity contribution < 1.29 is 9.53 Å². The molecule has 1 unspecified atom stereocenters. The number of nitrogens with one attached hydrogen (secondary N) is 1. The minimum atomic E-state index is -0.400.